The number of hydrogen-bond donors (Lipinski definition) is 2. The molecule has 104 valence electrons. The van der Waals surface area contributed by atoms with Crippen LogP contribution in [-0.2, 0) is 0 Å². The molecule has 0 saturated carbocycles. The fourth-order valence-corrected chi connectivity index (χ4v) is 2.08. The van der Waals surface area contributed by atoms with Crippen LogP contribution < -0.4 is 11.1 Å². The molecule has 0 radical (unpaired) electrons. The molecule has 0 unspecified atom stereocenters. The van der Waals surface area contributed by atoms with Gasteiger partial charge >= 0.3 is 0 Å². The van der Waals surface area contributed by atoms with Crippen molar-refractivity contribution in [3.05, 3.63) is 57.8 Å². The van der Waals surface area contributed by atoms with Gasteiger partial charge in [-0.1, -0.05) is 12.2 Å². The number of halogens is 4. The van der Waals surface area contributed by atoms with E-state index in [0.29, 0.717) is 4.47 Å². The van der Waals surface area contributed by atoms with Crippen LogP contribution in [0.15, 0.2) is 34.8 Å². The van der Waals surface area contributed by atoms with Crippen LogP contribution in [0.2, 0.25) is 0 Å². The van der Waals surface area contributed by atoms with Crippen LogP contribution in [0.5, 0.6) is 0 Å². The van der Waals surface area contributed by atoms with Crippen molar-refractivity contribution in [2.45, 2.75) is 0 Å². The van der Waals surface area contributed by atoms with Gasteiger partial charge in [0.2, 0.25) is 0 Å². The normalized spacial score (nSPS) is 10.4. The van der Waals surface area contributed by atoms with Crippen molar-refractivity contribution < 1.29 is 13.2 Å². The summed E-state index contributed by atoms with van der Waals surface area (Å²) in [5, 5.41) is 2.60. The van der Waals surface area contributed by atoms with E-state index in [1.54, 1.807) is 0 Å². The molecular weight excluding hydrogens is 353 g/mol. The topological polar surface area (TPSA) is 38.0 Å². The summed E-state index contributed by atoms with van der Waals surface area (Å²) in [5.41, 5.74) is 5.22. The monoisotopic (exact) mass is 360 g/mol. The summed E-state index contributed by atoms with van der Waals surface area (Å²) in [6, 6.07) is 6.39. The van der Waals surface area contributed by atoms with Crippen LogP contribution in [-0.4, -0.2) is 4.99 Å². The van der Waals surface area contributed by atoms with E-state index in [4.69, 9.17) is 5.73 Å². The molecule has 0 aromatic heterocycles. The van der Waals surface area contributed by atoms with Crippen LogP contribution in [0.25, 0.3) is 0 Å². The Bertz CT molecular complexity index is 692. The van der Waals surface area contributed by atoms with Gasteiger partial charge in [0.05, 0.1) is 11.4 Å². The summed E-state index contributed by atoms with van der Waals surface area (Å²) in [6.07, 6.45) is 0. The van der Waals surface area contributed by atoms with Crippen molar-refractivity contribution in [2.24, 2.45) is 5.73 Å². The van der Waals surface area contributed by atoms with E-state index in [-0.39, 0.29) is 21.9 Å². The van der Waals surface area contributed by atoms with Crippen molar-refractivity contribution in [3.63, 3.8) is 0 Å². The van der Waals surface area contributed by atoms with Crippen molar-refractivity contribution in [1.29, 1.82) is 0 Å². The molecule has 0 saturated heterocycles. The Kier molecular flexibility index (Phi) is 4.29. The van der Waals surface area contributed by atoms with Gasteiger partial charge in [-0.3, -0.25) is 0 Å². The highest BCUT2D eigenvalue weighted by atomic mass is 79.9. The first-order valence-electron chi connectivity index (χ1n) is 5.40. The fourth-order valence-electron chi connectivity index (χ4n) is 1.57. The van der Waals surface area contributed by atoms with E-state index >= 15 is 0 Å². The van der Waals surface area contributed by atoms with Gasteiger partial charge in [0, 0.05) is 10.0 Å². The standard InChI is InChI=1S/C13H8BrF3N2S/c14-8-3-1-6(15)5-10(8)19-9-4-2-7(13(18)20)11(16)12(9)17/h1-5,19H,(H2,18,20). The molecule has 0 aliphatic carbocycles. The third-order valence-corrected chi connectivity index (χ3v) is 3.46. The van der Waals surface area contributed by atoms with E-state index in [1.165, 1.54) is 24.3 Å². The lowest BCUT2D eigenvalue weighted by molar-refractivity contribution is 0.510. The molecule has 0 heterocycles. The lowest BCUT2D eigenvalue weighted by atomic mass is 10.1. The maximum Gasteiger partial charge on any atom is 0.182 e. The molecule has 20 heavy (non-hydrogen) atoms. The SMILES string of the molecule is NC(=S)c1ccc(Nc2cc(F)ccc2Br)c(F)c1F. The molecule has 0 spiro atoms. The number of thiocarbonyl (C=S) groups is 1. The molecular formula is C13H8BrF3N2S. The fraction of sp³-hybridized carbons (Fsp3) is 0. The van der Waals surface area contributed by atoms with E-state index in [0.717, 1.165) is 6.07 Å². The van der Waals surface area contributed by atoms with Crippen LogP contribution in [0.3, 0.4) is 0 Å². The van der Waals surface area contributed by atoms with Crippen molar-refractivity contribution >= 4 is 44.5 Å². The van der Waals surface area contributed by atoms with E-state index < -0.39 is 17.5 Å². The number of hydrogen-bond acceptors (Lipinski definition) is 2. The summed E-state index contributed by atoms with van der Waals surface area (Å²) in [7, 11) is 0. The molecule has 2 rings (SSSR count). The summed E-state index contributed by atoms with van der Waals surface area (Å²) >= 11 is 7.80. The predicted octanol–water partition coefficient (Wildman–Crippen LogP) is 4.24. The van der Waals surface area contributed by atoms with Crippen LogP contribution >= 0.6 is 28.1 Å². The zero-order chi connectivity index (χ0) is 14.9. The molecule has 0 atom stereocenters. The first kappa shape index (κ1) is 14.8. The maximum atomic E-state index is 13.9. The van der Waals surface area contributed by atoms with Crippen LogP contribution in [0.4, 0.5) is 24.5 Å². The zero-order valence-corrected chi connectivity index (χ0v) is 12.3. The Morgan fingerprint density at radius 1 is 1.05 bits per heavy atom. The first-order chi connectivity index (χ1) is 9.40. The maximum absolute atomic E-state index is 13.9. The highest BCUT2D eigenvalue weighted by Crippen LogP contribution is 2.29. The number of benzene rings is 2. The molecule has 0 bridgehead atoms. The third-order valence-electron chi connectivity index (χ3n) is 2.55. The van der Waals surface area contributed by atoms with Gasteiger partial charge in [0.15, 0.2) is 11.6 Å². The Balaban J connectivity index is 2.42. The average molecular weight is 361 g/mol. The Morgan fingerprint density at radius 3 is 2.40 bits per heavy atom. The second-order valence-corrected chi connectivity index (χ2v) is 5.20. The van der Waals surface area contributed by atoms with Crippen molar-refractivity contribution in [3.8, 4) is 0 Å². The van der Waals surface area contributed by atoms with E-state index in [1.807, 2.05) is 0 Å². The molecule has 3 N–H and O–H groups in total. The Labute approximate surface area is 126 Å². The van der Waals surface area contributed by atoms with Gasteiger partial charge in [0.25, 0.3) is 0 Å². The molecule has 2 nitrogen and oxygen atoms in total. The summed E-state index contributed by atoms with van der Waals surface area (Å²) in [5.74, 6) is -2.78. The molecule has 2 aromatic rings. The number of anilines is 2. The molecule has 0 fully saturated rings. The predicted molar refractivity (Wildman–Crippen MR) is 79.6 cm³/mol. The van der Waals surface area contributed by atoms with Gasteiger partial charge in [-0.2, -0.15) is 0 Å². The van der Waals surface area contributed by atoms with Gasteiger partial charge in [0.1, 0.15) is 10.8 Å². The second kappa shape index (κ2) is 5.80. The highest BCUT2D eigenvalue weighted by molar-refractivity contribution is 9.10. The second-order valence-electron chi connectivity index (χ2n) is 3.90. The summed E-state index contributed by atoms with van der Waals surface area (Å²) in [6.45, 7) is 0. The number of nitrogens with one attached hydrogen (secondary N) is 1. The average Bonchev–Trinajstić information content (AvgIpc) is 2.39. The Hall–Kier alpha value is -1.60. The van der Waals surface area contributed by atoms with Gasteiger partial charge < -0.3 is 11.1 Å². The van der Waals surface area contributed by atoms with Crippen LogP contribution in [0, 0.1) is 17.5 Å². The molecule has 0 aliphatic rings. The summed E-state index contributed by atoms with van der Waals surface area (Å²) < 4.78 is 41.3. The largest absolute Gasteiger partial charge is 0.389 e. The molecule has 2 aromatic carbocycles. The van der Waals surface area contributed by atoms with Crippen molar-refractivity contribution in [1.82, 2.24) is 0 Å². The lowest BCUT2D eigenvalue weighted by Crippen LogP contribution is -2.13. The van der Waals surface area contributed by atoms with Gasteiger partial charge in [-0.25, -0.2) is 13.2 Å². The molecule has 0 amide bonds. The van der Waals surface area contributed by atoms with E-state index in [9.17, 15) is 13.2 Å². The first-order valence-corrected chi connectivity index (χ1v) is 6.60. The lowest BCUT2D eigenvalue weighted by Gasteiger charge is -2.11. The van der Waals surface area contributed by atoms with Crippen LogP contribution in [0.1, 0.15) is 5.56 Å². The quantitative estimate of drug-likeness (QED) is 0.803. The van der Waals surface area contributed by atoms with Gasteiger partial charge in [-0.05, 0) is 46.3 Å². The summed E-state index contributed by atoms with van der Waals surface area (Å²) in [4.78, 5) is -0.236. The highest BCUT2D eigenvalue weighted by Gasteiger charge is 2.15. The molecule has 7 heteroatoms. The minimum atomic E-state index is -1.14. The number of nitrogens with two attached hydrogens (primary N) is 1. The molecule has 0 aliphatic heterocycles. The Morgan fingerprint density at radius 2 is 1.75 bits per heavy atom. The van der Waals surface area contributed by atoms with Crippen molar-refractivity contribution in [2.75, 3.05) is 5.32 Å². The minimum Gasteiger partial charge on any atom is -0.389 e. The van der Waals surface area contributed by atoms with Gasteiger partial charge in [-0.15, -0.1) is 0 Å². The minimum absolute atomic E-state index is 0.145. The zero-order valence-electron chi connectivity index (χ0n) is 9.88. The third kappa shape index (κ3) is 2.94. The van der Waals surface area contributed by atoms with E-state index in [2.05, 4.69) is 33.5 Å². The number of rotatable bonds is 3. The smallest absolute Gasteiger partial charge is 0.182 e.